The van der Waals surface area contributed by atoms with Gasteiger partial charge >= 0.3 is 11.8 Å². The van der Waals surface area contributed by atoms with Gasteiger partial charge in [-0.3, -0.25) is 24.0 Å². The number of rotatable bonds is 2. The van der Waals surface area contributed by atoms with E-state index in [0.29, 0.717) is 11.9 Å². The number of nitrogens with zero attached hydrogens (tertiary/aromatic N) is 3. The number of benzene rings is 1. The molecule has 0 spiro atoms. The Morgan fingerprint density at radius 3 is 2.43 bits per heavy atom. The summed E-state index contributed by atoms with van der Waals surface area (Å²) in [7, 11) is 1.71. The standard InChI is InChI=1S/C21H24N4O5/c1-23-18-14(11-9-12-5-6-13(10-11)24(12)21(29)30)3-2-4-15(18)25(20(23)28)16-7-8-17(26)22-19(16)27/h2-4,11-13,16H,5-10H2,1H3,(H,29,30)(H,22,26,27)/t11?,12-,13+,16?. The zero-order chi connectivity index (χ0) is 21.2. The summed E-state index contributed by atoms with van der Waals surface area (Å²) < 4.78 is 3.08. The summed E-state index contributed by atoms with van der Waals surface area (Å²) in [6.45, 7) is 0. The van der Waals surface area contributed by atoms with Crippen molar-refractivity contribution in [1.82, 2.24) is 19.4 Å². The molecule has 4 heterocycles. The monoisotopic (exact) mass is 412 g/mol. The van der Waals surface area contributed by atoms with Gasteiger partial charge in [-0.1, -0.05) is 12.1 Å². The Labute approximate surface area is 172 Å². The average Bonchev–Trinajstić information content (AvgIpc) is 3.13. The molecule has 3 fully saturated rings. The second-order valence-electron chi connectivity index (χ2n) is 8.64. The lowest BCUT2D eigenvalue weighted by molar-refractivity contribution is -0.135. The number of aryl methyl sites for hydroxylation is 1. The fourth-order valence-electron chi connectivity index (χ4n) is 5.77. The van der Waals surface area contributed by atoms with Crippen LogP contribution in [0.5, 0.6) is 0 Å². The maximum atomic E-state index is 13.1. The van der Waals surface area contributed by atoms with E-state index in [9.17, 15) is 24.3 Å². The van der Waals surface area contributed by atoms with Gasteiger partial charge in [-0.25, -0.2) is 9.59 Å². The predicted octanol–water partition coefficient (Wildman–Crippen LogP) is 1.71. The van der Waals surface area contributed by atoms with E-state index >= 15 is 0 Å². The van der Waals surface area contributed by atoms with Gasteiger partial charge < -0.3 is 10.0 Å². The van der Waals surface area contributed by atoms with Crippen molar-refractivity contribution in [3.8, 4) is 0 Å². The highest BCUT2D eigenvalue weighted by molar-refractivity contribution is 6.00. The number of carbonyl (C=O) groups is 3. The van der Waals surface area contributed by atoms with E-state index in [0.717, 1.165) is 36.8 Å². The minimum absolute atomic E-state index is 0.00996. The van der Waals surface area contributed by atoms with Gasteiger partial charge in [0.05, 0.1) is 11.0 Å². The van der Waals surface area contributed by atoms with Crippen molar-refractivity contribution in [2.75, 3.05) is 0 Å². The number of carboxylic acid groups (broad SMARTS) is 1. The molecule has 0 saturated carbocycles. The Kier molecular flexibility index (Phi) is 4.23. The summed E-state index contributed by atoms with van der Waals surface area (Å²) in [5.41, 5.74) is 2.22. The van der Waals surface area contributed by atoms with Gasteiger partial charge in [0.15, 0.2) is 0 Å². The quantitative estimate of drug-likeness (QED) is 0.729. The number of piperidine rings is 2. The van der Waals surface area contributed by atoms with Crippen molar-refractivity contribution < 1.29 is 19.5 Å². The van der Waals surface area contributed by atoms with Gasteiger partial charge in [0.1, 0.15) is 6.04 Å². The number of para-hydroxylation sites is 1. The van der Waals surface area contributed by atoms with Crippen LogP contribution in [0.3, 0.4) is 0 Å². The van der Waals surface area contributed by atoms with E-state index in [1.165, 1.54) is 4.57 Å². The van der Waals surface area contributed by atoms with Gasteiger partial charge in [0.2, 0.25) is 11.8 Å². The third-order valence-electron chi connectivity index (χ3n) is 7.05. The van der Waals surface area contributed by atoms with Gasteiger partial charge in [-0.05, 0) is 49.7 Å². The largest absolute Gasteiger partial charge is 0.465 e. The van der Waals surface area contributed by atoms with Crippen LogP contribution >= 0.6 is 0 Å². The maximum absolute atomic E-state index is 13.1. The molecule has 2 unspecified atom stereocenters. The molecule has 0 aliphatic carbocycles. The summed E-state index contributed by atoms with van der Waals surface area (Å²) in [5, 5.41) is 11.9. The molecule has 9 nitrogen and oxygen atoms in total. The number of amides is 3. The molecule has 2 aromatic rings. The van der Waals surface area contributed by atoms with Crippen molar-refractivity contribution in [1.29, 1.82) is 0 Å². The number of aromatic nitrogens is 2. The summed E-state index contributed by atoms with van der Waals surface area (Å²) in [4.78, 5) is 50.3. The predicted molar refractivity (Wildman–Crippen MR) is 107 cm³/mol. The van der Waals surface area contributed by atoms with E-state index < -0.39 is 18.0 Å². The summed E-state index contributed by atoms with van der Waals surface area (Å²) in [6, 6.07) is 5.05. The van der Waals surface area contributed by atoms with E-state index in [1.807, 2.05) is 18.2 Å². The van der Waals surface area contributed by atoms with E-state index in [2.05, 4.69) is 5.32 Å². The number of hydrogen-bond acceptors (Lipinski definition) is 4. The second kappa shape index (κ2) is 6.72. The smallest absolute Gasteiger partial charge is 0.407 e. The number of nitrogens with one attached hydrogen (secondary N) is 1. The molecule has 1 aromatic heterocycles. The molecular weight excluding hydrogens is 388 g/mol. The molecule has 3 saturated heterocycles. The second-order valence-corrected chi connectivity index (χ2v) is 8.64. The van der Waals surface area contributed by atoms with E-state index in [-0.39, 0.29) is 36.0 Å². The van der Waals surface area contributed by atoms with Crippen LogP contribution in [-0.2, 0) is 16.6 Å². The van der Waals surface area contributed by atoms with Crippen molar-refractivity contribution in [2.24, 2.45) is 7.05 Å². The van der Waals surface area contributed by atoms with Crippen LogP contribution in [0.4, 0.5) is 4.79 Å². The maximum Gasteiger partial charge on any atom is 0.407 e. The Balaban J connectivity index is 1.58. The number of imidazole rings is 1. The van der Waals surface area contributed by atoms with Crippen molar-refractivity contribution >= 4 is 28.9 Å². The number of imide groups is 1. The Bertz CT molecular complexity index is 1120. The highest BCUT2D eigenvalue weighted by atomic mass is 16.4. The molecule has 4 atom stereocenters. The highest BCUT2D eigenvalue weighted by Gasteiger charge is 2.44. The zero-order valence-corrected chi connectivity index (χ0v) is 16.7. The molecule has 30 heavy (non-hydrogen) atoms. The van der Waals surface area contributed by atoms with Crippen LogP contribution in [0.15, 0.2) is 23.0 Å². The first-order chi connectivity index (χ1) is 14.4. The molecule has 0 radical (unpaired) electrons. The molecule has 3 amide bonds. The van der Waals surface area contributed by atoms with Crippen LogP contribution in [-0.4, -0.2) is 49.1 Å². The molecule has 9 heteroatoms. The number of carbonyl (C=O) groups excluding carboxylic acids is 2. The lowest BCUT2D eigenvalue weighted by Gasteiger charge is -2.37. The highest BCUT2D eigenvalue weighted by Crippen LogP contribution is 2.44. The van der Waals surface area contributed by atoms with Gasteiger partial charge in [0, 0.05) is 25.6 Å². The molecule has 2 bridgehead atoms. The van der Waals surface area contributed by atoms with Crippen LogP contribution in [0.2, 0.25) is 0 Å². The van der Waals surface area contributed by atoms with E-state index in [4.69, 9.17) is 0 Å². The van der Waals surface area contributed by atoms with E-state index in [1.54, 1.807) is 16.5 Å². The van der Waals surface area contributed by atoms with Crippen molar-refractivity contribution in [3.05, 3.63) is 34.2 Å². The first-order valence-electron chi connectivity index (χ1n) is 10.4. The van der Waals surface area contributed by atoms with Gasteiger partial charge in [0.25, 0.3) is 0 Å². The lowest BCUT2D eigenvalue weighted by Crippen LogP contribution is -2.45. The fourth-order valence-corrected chi connectivity index (χ4v) is 5.77. The normalized spacial score (nSPS) is 28.8. The zero-order valence-electron chi connectivity index (χ0n) is 16.7. The molecule has 2 N–H and O–H groups in total. The Morgan fingerprint density at radius 2 is 1.80 bits per heavy atom. The Hall–Kier alpha value is -3.10. The fraction of sp³-hybridized carbons (Fsp3) is 0.524. The summed E-state index contributed by atoms with van der Waals surface area (Å²) >= 11 is 0. The topological polar surface area (TPSA) is 114 Å². The van der Waals surface area contributed by atoms with Crippen LogP contribution in [0.1, 0.15) is 56.0 Å². The molecular formula is C21H24N4O5. The minimum atomic E-state index is -0.851. The molecule has 5 rings (SSSR count). The minimum Gasteiger partial charge on any atom is -0.465 e. The SMILES string of the molecule is Cn1c(=O)n(C2CCC(=O)NC2=O)c2cccc(C3C[C@H]4CC[C@@H](C3)N4C(=O)O)c21. The van der Waals surface area contributed by atoms with Crippen LogP contribution in [0, 0.1) is 0 Å². The lowest BCUT2D eigenvalue weighted by atomic mass is 9.84. The number of fused-ring (bicyclic) bond motifs is 3. The third-order valence-corrected chi connectivity index (χ3v) is 7.05. The molecule has 3 aliphatic rings. The van der Waals surface area contributed by atoms with Crippen molar-refractivity contribution in [3.63, 3.8) is 0 Å². The van der Waals surface area contributed by atoms with Gasteiger partial charge in [-0.2, -0.15) is 0 Å². The third kappa shape index (κ3) is 2.68. The summed E-state index contributed by atoms with van der Waals surface area (Å²) in [6.07, 6.45) is 2.87. The van der Waals surface area contributed by atoms with Gasteiger partial charge in [-0.15, -0.1) is 0 Å². The van der Waals surface area contributed by atoms with Crippen LogP contribution < -0.4 is 11.0 Å². The van der Waals surface area contributed by atoms with Crippen molar-refractivity contribution in [2.45, 2.75) is 62.6 Å². The first kappa shape index (κ1) is 18.9. The average molecular weight is 412 g/mol. The van der Waals surface area contributed by atoms with Crippen LogP contribution in [0.25, 0.3) is 11.0 Å². The first-order valence-corrected chi connectivity index (χ1v) is 10.4. The molecule has 158 valence electrons. The molecule has 1 aromatic carbocycles. The molecule has 3 aliphatic heterocycles. The Morgan fingerprint density at radius 1 is 1.10 bits per heavy atom. The number of hydrogen-bond donors (Lipinski definition) is 2. The summed E-state index contributed by atoms with van der Waals surface area (Å²) in [5.74, 6) is -0.602.